The highest BCUT2D eigenvalue weighted by Crippen LogP contribution is 2.40. The number of piperazine rings is 1. The summed E-state index contributed by atoms with van der Waals surface area (Å²) in [5.41, 5.74) is 3.07. The molecule has 44 heavy (non-hydrogen) atoms. The van der Waals surface area contributed by atoms with Crippen molar-refractivity contribution in [1.82, 2.24) is 25.3 Å². The van der Waals surface area contributed by atoms with E-state index in [-0.39, 0.29) is 54.2 Å². The number of hydrogen-bond donors (Lipinski definition) is 4. The molecule has 0 bridgehead atoms. The third-order valence-corrected chi connectivity index (χ3v) is 9.89. The number of carbonyl (C=O) groups excluding carboxylic acids is 2. The van der Waals surface area contributed by atoms with E-state index in [2.05, 4.69) is 27.3 Å². The third kappa shape index (κ3) is 6.78. The Bertz CT molecular complexity index is 1270. The van der Waals surface area contributed by atoms with Crippen molar-refractivity contribution in [2.75, 3.05) is 19.6 Å². The van der Waals surface area contributed by atoms with Gasteiger partial charge in [0, 0.05) is 30.9 Å². The van der Waals surface area contributed by atoms with Gasteiger partial charge in [-0.1, -0.05) is 44.7 Å². The molecule has 3 fully saturated rings. The van der Waals surface area contributed by atoms with Gasteiger partial charge in [-0.15, -0.1) is 24.8 Å². The Kier molecular flexibility index (Phi) is 12.3. The molecule has 2 aromatic rings. The van der Waals surface area contributed by atoms with Crippen molar-refractivity contribution in [1.29, 1.82) is 0 Å². The molecule has 4 N–H and O–H groups in total. The Labute approximate surface area is 272 Å². The lowest BCUT2D eigenvalue weighted by Gasteiger charge is -2.53. The van der Waals surface area contributed by atoms with Crippen molar-refractivity contribution in [3.8, 4) is 0 Å². The number of piperidine rings is 1. The second-order valence-corrected chi connectivity index (χ2v) is 12.4. The summed E-state index contributed by atoms with van der Waals surface area (Å²) in [6.07, 6.45) is 6.79. The van der Waals surface area contributed by atoms with Crippen LogP contribution in [0.25, 0.3) is 0 Å². The molecule has 244 valence electrons. The molecule has 1 saturated carbocycles. The van der Waals surface area contributed by atoms with Crippen LogP contribution in [0.4, 0.5) is 0 Å². The zero-order chi connectivity index (χ0) is 30.0. The first kappa shape index (κ1) is 35.8. The fraction of sp³-hybridized carbons (Fsp3) is 0.625. The van der Waals surface area contributed by atoms with E-state index in [0.717, 1.165) is 67.5 Å². The van der Waals surface area contributed by atoms with E-state index in [1.165, 1.54) is 0 Å². The summed E-state index contributed by atoms with van der Waals surface area (Å²) in [5.74, 6) is -1.25. The zero-order valence-electron chi connectivity index (χ0n) is 25.9. The number of aliphatic hydroxyl groups excluding tert-OH is 1. The molecule has 1 aromatic heterocycles. The average Bonchev–Trinajstić information content (AvgIpc) is 3.33. The lowest BCUT2D eigenvalue weighted by atomic mass is 9.77. The maximum absolute atomic E-state index is 14.0. The predicted molar refractivity (Wildman–Crippen MR) is 172 cm³/mol. The number of halogens is 2. The van der Waals surface area contributed by atoms with Gasteiger partial charge >= 0.3 is 5.97 Å². The van der Waals surface area contributed by atoms with Gasteiger partial charge in [0.05, 0.1) is 23.4 Å². The molecule has 10 nitrogen and oxygen atoms in total. The monoisotopic (exact) mass is 651 g/mol. The zero-order valence-corrected chi connectivity index (χ0v) is 27.5. The van der Waals surface area contributed by atoms with Gasteiger partial charge in [0.2, 0.25) is 11.8 Å². The predicted octanol–water partition coefficient (Wildman–Crippen LogP) is 4.56. The Morgan fingerprint density at radius 3 is 2.25 bits per heavy atom. The summed E-state index contributed by atoms with van der Waals surface area (Å²) in [5, 5.41) is 31.2. The summed E-state index contributed by atoms with van der Waals surface area (Å²) in [4.78, 5) is 43.6. The summed E-state index contributed by atoms with van der Waals surface area (Å²) >= 11 is 0. The fourth-order valence-electron chi connectivity index (χ4n) is 7.44. The fourth-order valence-corrected chi connectivity index (χ4v) is 7.44. The number of nitrogens with one attached hydrogen (secondary N) is 2. The molecule has 12 heteroatoms. The smallest absolute Gasteiger partial charge is 0.335 e. The summed E-state index contributed by atoms with van der Waals surface area (Å²) in [7, 11) is 0. The Morgan fingerprint density at radius 1 is 1.07 bits per heavy atom. The minimum absolute atomic E-state index is 0. The highest BCUT2D eigenvalue weighted by molar-refractivity contribution is 6.00. The number of benzene rings is 1. The second-order valence-electron chi connectivity index (χ2n) is 12.4. The number of rotatable bonds is 9. The molecular weight excluding hydrogens is 605 g/mol. The van der Waals surface area contributed by atoms with Crippen molar-refractivity contribution in [2.45, 2.75) is 102 Å². The van der Waals surface area contributed by atoms with Crippen LogP contribution in [-0.4, -0.2) is 85.3 Å². The number of unbranched alkanes of at least 4 members (excludes halogenated alkanes) is 1. The SMILES string of the molecule is CCCCN1C(=O)[C@@H]([C@H](O)C2CCCCC2)NC(=O)C12CCN(C(c1ccc(C(=O)O)cc1)c1c(C)n[nH]c1C)CC2.Cl.Cl. The van der Waals surface area contributed by atoms with E-state index in [9.17, 15) is 24.6 Å². The van der Waals surface area contributed by atoms with Crippen molar-refractivity contribution >= 4 is 42.6 Å². The first-order valence-electron chi connectivity index (χ1n) is 15.6. The molecule has 0 radical (unpaired) electrons. The molecule has 1 spiro atoms. The highest BCUT2D eigenvalue weighted by Gasteiger charge is 2.55. The molecule has 2 aliphatic heterocycles. The van der Waals surface area contributed by atoms with Crippen LogP contribution in [0, 0.1) is 19.8 Å². The van der Waals surface area contributed by atoms with Crippen molar-refractivity contribution in [3.05, 3.63) is 52.3 Å². The number of aromatic carboxylic acids is 1. The lowest BCUT2D eigenvalue weighted by molar-refractivity contribution is -0.166. The topological polar surface area (TPSA) is 139 Å². The van der Waals surface area contributed by atoms with E-state index in [1.54, 1.807) is 17.0 Å². The average molecular weight is 653 g/mol. The molecule has 1 aromatic carbocycles. The van der Waals surface area contributed by atoms with Gasteiger partial charge in [-0.2, -0.15) is 5.10 Å². The molecule has 1 unspecified atom stereocenters. The Morgan fingerprint density at radius 2 is 1.70 bits per heavy atom. The minimum Gasteiger partial charge on any atom is -0.478 e. The Balaban J connectivity index is 0.00000264. The maximum Gasteiger partial charge on any atom is 0.335 e. The van der Waals surface area contributed by atoms with Crippen LogP contribution in [0.15, 0.2) is 24.3 Å². The molecule has 3 aliphatic rings. The summed E-state index contributed by atoms with van der Waals surface area (Å²) < 4.78 is 0. The van der Waals surface area contributed by atoms with E-state index in [1.807, 2.05) is 26.0 Å². The number of carboxylic acid groups (broad SMARTS) is 1. The molecule has 5 rings (SSSR count). The number of nitrogens with zero attached hydrogens (tertiary/aromatic N) is 3. The number of aromatic nitrogens is 2. The van der Waals surface area contributed by atoms with Gasteiger partial charge in [0.1, 0.15) is 11.6 Å². The summed E-state index contributed by atoms with van der Waals surface area (Å²) in [6.45, 7) is 7.64. The molecule has 1 aliphatic carbocycles. The van der Waals surface area contributed by atoms with Crippen LogP contribution in [0.3, 0.4) is 0 Å². The number of aromatic amines is 1. The van der Waals surface area contributed by atoms with Crippen LogP contribution in [-0.2, 0) is 9.59 Å². The number of aryl methyl sites for hydroxylation is 2. The highest BCUT2D eigenvalue weighted by atomic mass is 35.5. The first-order chi connectivity index (χ1) is 20.2. The largest absolute Gasteiger partial charge is 0.478 e. The number of aliphatic hydroxyl groups is 1. The van der Waals surface area contributed by atoms with Crippen LogP contribution in [0.1, 0.15) is 104 Å². The van der Waals surface area contributed by atoms with Crippen molar-refractivity contribution in [2.24, 2.45) is 5.92 Å². The van der Waals surface area contributed by atoms with Crippen LogP contribution in [0.2, 0.25) is 0 Å². The normalized spacial score (nSPS) is 22.1. The van der Waals surface area contributed by atoms with E-state index in [0.29, 0.717) is 32.5 Å². The standard InChI is InChI=1S/C32H45N5O5.2ClH/c1-4-5-17-37-29(39)26(28(38)23-9-7-6-8-10-23)33-31(42)32(37)15-18-36(19-16-32)27(25-20(2)34-35-21(25)3)22-11-13-24(14-12-22)30(40)41;;/h11-14,23,26-28,38H,4-10,15-19H2,1-3H3,(H,33,42)(H,34,35)(H,40,41);2*1H/t26-,27?,28-;;/m1../s1. The van der Waals surface area contributed by atoms with E-state index >= 15 is 0 Å². The van der Waals surface area contributed by atoms with Crippen LogP contribution < -0.4 is 5.32 Å². The van der Waals surface area contributed by atoms with Gasteiger partial charge in [-0.05, 0) is 69.6 Å². The number of likely N-dealkylation sites (tertiary alicyclic amines) is 1. The number of hydrogen-bond acceptors (Lipinski definition) is 6. The van der Waals surface area contributed by atoms with Gasteiger partial charge in [-0.3, -0.25) is 19.6 Å². The van der Waals surface area contributed by atoms with E-state index in [4.69, 9.17) is 0 Å². The quantitative estimate of drug-likeness (QED) is 0.312. The molecule has 2 saturated heterocycles. The lowest BCUT2D eigenvalue weighted by Crippen LogP contribution is -2.75. The number of H-pyrrole nitrogens is 1. The van der Waals surface area contributed by atoms with Crippen molar-refractivity contribution < 1.29 is 24.6 Å². The number of carboxylic acids is 1. The van der Waals surface area contributed by atoms with Gasteiger partial charge < -0.3 is 20.4 Å². The third-order valence-electron chi connectivity index (χ3n) is 9.89. The van der Waals surface area contributed by atoms with Gasteiger partial charge in [0.15, 0.2) is 0 Å². The number of carbonyl (C=O) groups is 3. The van der Waals surface area contributed by atoms with E-state index < -0.39 is 23.7 Å². The first-order valence-corrected chi connectivity index (χ1v) is 15.6. The summed E-state index contributed by atoms with van der Waals surface area (Å²) in [6, 6.07) is 5.88. The van der Waals surface area contributed by atoms with Crippen LogP contribution in [0.5, 0.6) is 0 Å². The van der Waals surface area contributed by atoms with Gasteiger partial charge in [-0.25, -0.2) is 4.79 Å². The van der Waals surface area contributed by atoms with Gasteiger partial charge in [0.25, 0.3) is 0 Å². The molecule has 3 heterocycles. The molecule has 3 atom stereocenters. The van der Waals surface area contributed by atoms with Crippen molar-refractivity contribution in [3.63, 3.8) is 0 Å². The Hall–Kier alpha value is -2.66. The molecule has 2 amide bonds. The maximum atomic E-state index is 14.0. The number of amides is 2. The second kappa shape index (κ2) is 15.1. The van der Waals surface area contributed by atoms with Crippen LogP contribution >= 0.6 is 24.8 Å². The minimum atomic E-state index is -0.972. The molecular formula is C32H47Cl2N5O5.